The van der Waals surface area contributed by atoms with Crippen LogP contribution in [0.5, 0.6) is 5.75 Å². The van der Waals surface area contributed by atoms with E-state index in [0.717, 1.165) is 12.1 Å². The van der Waals surface area contributed by atoms with Crippen molar-refractivity contribution in [2.45, 2.75) is 38.7 Å². The van der Waals surface area contributed by atoms with E-state index in [1.54, 1.807) is 12.1 Å². The van der Waals surface area contributed by atoms with E-state index in [2.05, 4.69) is 4.74 Å². The van der Waals surface area contributed by atoms with E-state index >= 15 is 0 Å². The zero-order valence-corrected chi connectivity index (χ0v) is 13.3. The van der Waals surface area contributed by atoms with Gasteiger partial charge in [0.05, 0.1) is 11.1 Å². The molecule has 0 heterocycles. The average molecular weight is 323 g/mol. The van der Waals surface area contributed by atoms with Crippen LogP contribution in [0, 0.1) is 0 Å². The lowest BCUT2D eigenvalue weighted by atomic mass is 10.1. The fourth-order valence-electron chi connectivity index (χ4n) is 1.87. The van der Waals surface area contributed by atoms with Crippen LogP contribution in [0.2, 0.25) is 17.1 Å². The number of hydrogen-bond donors (Lipinski definition) is 1. The van der Waals surface area contributed by atoms with Crippen molar-refractivity contribution in [2.24, 2.45) is 5.73 Å². The Balaban J connectivity index is 3.06. The molecule has 0 amide bonds. The first-order chi connectivity index (χ1) is 9.53. The summed E-state index contributed by atoms with van der Waals surface area (Å²) in [7, 11) is -1.02. The smallest absolute Gasteiger partial charge is 0.387 e. The first kappa shape index (κ1) is 17.4. The minimum atomic E-state index is -2.91. The van der Waals surface area contributed by atoms with E-state index in [0.29, 0.717) is 10.6 Å². The SMILES string of the molecule is CC[Si](CC)OC(CN)c1c(Cl)cccc1OC(F)F. The summed E-state index contributed by atoms with van der Waals surface area (Å²) in [5.74, 6) is 0.0245. The molecular weight excluding hydrogens is 304 g/mol. The Labute approximate surface area is 124 Å². The molecule has 0 aliphatic rings. The van der Waals surface area contributed by atoms with Crippen LogP contribution in [-0.4, -0.2) is 22.2 Å². The Morgan fingerprint density at radius 1 is 1.30 bits per heavy atom. The second-order valence-electron chi connectivity index (χ2n) is 4.12. The molecule has 2 N–H and O–H groups in total. The highest BCUT2D eigenvalue weighted by Crippen LogP contribution is 2.35. The largest absolute Gasteiger partial charge is 0.434 e. The third-order valence-electron chi connectivity index (χ3n) is 2.86. The number of alkyl halides is 2. The van der Waals surface area contributed by atoms with E-state index in [-0.39, 0.29) is 12.3 Å². The molecule has 113 valence electrons. The second kappa shape index (κ2) is 8.56. The van der Waals surface area contributed by atoms with E-state index in [1.165, 1.54) is 6.07 Å². The van der Waals surface area contributed by atoms with E-state index in [9.17, 15) is 8.78 Å². The van der Waals surface area contributed by atoms with Gasteiger partial charge < -0.3 is 14.9 Å². The highest BCUT2D eigenvalue weighted by molar-refractivity contribution is 6.51. The molecule has 0 fully saturated rings. The maximum Gasteiger partial charge on any atom is 0.387 e. The molecule has 0 bridgehead atoms. The molecule has 0 aliphatic carbocycles. The van der Waals surface area contributed by atoms with Crippen molar-refractivity contribution in [1.82, 2.24) is 0 Å². The molecule has 1 radical (unpaired) electrons. The molecule has 0 saturated carbocycles. The molecule has 1 aromatic rings. The normalized spacial score (nSPS) is 13.0. The summed E-state index contributed by atoms with van der Waals surface area (Å²) in [6.45, 7) is 1.33. The molecule has 20 heavy (non-hydrogen) atoms. The van der Waals surface area contributed by atoms with Crippen LogP contribution in [0.3, 0.4) is 0 Å². The maximum absolute atomic E-state index is 12.5. The number of rotatable bonds is 8. The Morgan fingerprint density at radius 2 is 1.95 bits per heavy atom. The van der Waals surface area contributed by atoms with E-state index in [1.807, 2.05) is 13.8 Å². The first-order valence-electron chi connectivity index (χ1n) is 6.48. The van der Waals surface area contributed by atoms with Gasteiger partial charge in [0.15, 0.2) is 0 Å². The molecule has 0 aromatic heterocycles. The second-order valence-corrected chi connectivity index (χ2v) is 7.25. The number of benzene rings is 1. The van der Waals surface area contributed by atoms with E-state index in [4.69, 9.17) is 21.8 Å². The molecule has 0 spiro atoms. The van der Waals surface area contributed by atoms with Crippen molar-refractivity contribution in [3.63, 3.8) is 0 Å². The van der Waals surface area contributed by atoms with Crippen molar-refractivity contribution in [2.75, 3.05) is 6.54 Å². The molecule has 0 saturated heterocycles. The third-order valence-corrected chi connectivity index (χ3v) is 5.39. The van der Waals surface area contributed by atoms with Gasteiger partial charge in [0, 0.05) is 12.1 Å². The quantitative estimate of drug-likeness (QED) is 0.736. The van der Waals surface area contributed by atoms with Gasteiger partial charge in [-0.1, -0.05) is 31.5 Å². The average Bonchev–Trinajstić information content (AvgIpc) is 2.41. The van der Waals surface area contributed by atoms with Crippen molar-refractivity contribution in [3.05, 3.63) is 28.8 Å². The lowest BCUT2D eigenvalue weighted by Gasteiger charge is -2.24. The van der Waals surface area contributed by atoms with Gasteiger partial charge in [-0.2, -0.15) is 8.78 Å². The van der Waals surface area contributed by atoms with Crippen molar-refractivity contribution >= 4 is 20.6 Å². The molecule has 3 nitrogen and oxygen atoms in total. The molecule has 1 atom stereocenters. The first-order valence-corrected chi connectivity index (χ1v) is 8.68. The van der Waals surface area contributed by atoms with Gasteiger partial charge in [-0.05, 0) is 24.2 Å². The monoisotopic (exact) mass is 322 g/mol. The van der Waals surface area contributed by atoms with Crippen LogP contribution in [-0.2, 0) is 4.43 Å². The maximum atomic E-state index is 12.5. The van der Waals surface area contributed by atoms with Gasteiger partial charge in [-0.15, -0.1) is 0 Å². The van der Waals surface area contributed by atoms with Crippen molar-refractivity contribution in [3.8, 4) is 5.75 Å². The molecule has 7 heteroatoms. The van der Waals surface area contributed by atoms with Gasteiger partial charge in [-0.3, -0.25) is 0 Å². The Bertz CT molecular complexity index is 419. The predicted octanol–water partition coefficient (Wildman–Crippen LogP) is 3.99. The van der Waals surface area contributed by atoms with Crippen LogP contribution in [0.1, 0.15) is 25.5 Å². The number of nitrogens with two attached hydrogens (primary N) is 1. The summed E-state index contributed by atoms with van der Waals surface area (Å²) in [6.07, 6.45) is -0.522. The third kappa shape index (κ3) is 4.70. The highest BCUT2D eigenvalue weighted by Gasteiger charge is 2.24. The summed E-state index contributed by atoms with van der Waals surface area (Å²) in [5, 5.41) is 0.326. The molecule has 0 aliphatic heterocycles. The van der Waals surface area contributed by atoms with Crippen LogP contribution in [0.4, 0.5) is 8.78 Å². The Kier molecular flexibility index (Phi) is 7.43. The van der Waals surface area contributed by atoms with Crippen LogP contribution in [0.25, 0.3) is 0 Å². The number of hydrogen-bond acceptors (Lipinski definition) is 3. The summed E-state index contributed by atoms with van der Waals surface area (Å²) in [4.78, 5) is 0. The molecule has 1 rings (SSSR count). The van der Waals surface area contributed by atoms with Gasteiger partial charge in [0.25, 0.3) is 0 Å². The zero-order valence-electron chi connectivity index (χ0n) is 11.5. The summed E-state index contributed by atoms with van der Waals surface area (Å²) >= 11 is 6.11. The fourth-order valence-corrected chi connectivity index (χ4v) is 3.61. The molecular formula is C13H19ClF2NO2Si. The minimum absolute atomic E-state index is 0.0245. The lowest BCUT2D eigenvalue weighted by molar-refractivity contribution is -0.0513. The molecule has 1 aromatic carbocycles. The van der Waals surface area contributed by atoms with Gasteiger partial charge in [0.1, 0.15) is 5.75 Å². The van der Waals surface area contributed by atoms with Crippen molar-refractivity contribution in [1.29, 1.82) is 0 Å². The van der Waals surface area contributed by atoms with E-state index < -0.39 is 21.8 Å². The predicted molar refractivity (Wildman–Crippen MR) is 77.7 cm³/mol. The topological polar surface area (TPSA) is 44.5 Å². The number of ether oxygens (including phenoxy) is 1. The Hall–Kier alpha value is -0.693. The zero-order chi connectivity index (χ0) is 15.1. The lowest BCUT2D eigenvalue weighted by Crippen LogP contribution is -2.25. The van der Waals surface area contributed by atoms with Crippen LogP contribution < -0.4 is 10.5 Å². The van der Waals surface area contributed by atoms with Crippen LogP contribution >= 0.6 is 11.6 Å². The minimum Gasteiger partial charge on any atom is -0.434 e. The fraction of sp³-hybridized carbons (Fsp3) is 0.538. The summed E-state index contributed by atoms with van der Waals surface area (Å²) in [5.41, 5.74) is 6.12. The van der Waals surface area contributed by atoms with Gasteiger partial charge >= 0.3 is 6.61 Å². The van der Waals surface area contributed by atoms with Gasteiger partial charge in [0.2, 0.25) is 9.04 Å². The molecule has 1 unspecified atom stereocenters. The van der Waals surface area contributed by atoms with Crippen LogP contribution in [0.15, 0.2) is 18.2 Å². The Morgan fingerprint density at radius 3 is 2.45 bits per heavy atom. The van der Waals surface area contributed by atoms with Crippen molar-refractivity contribution < 1.29 is 17.9 Å². The van der Waals surface area contributed by atoms with Gasteiger partial charge in [-0.25, -0.2) is 0 Å². The standard InChI is InChI=1S/C13H19ClF2NO2Si/c1-3-20(4-2)19-11(8-17)12-9(14)6-5-7-10(12)18-13(15)16/h5-7,11,13H,3-4,8,17H2,1-2H3. The summed E-state index contributed by atoms with van der Waals surface area (Å²) < 4.78 is 35.4. The highest BCUT2D eigenvalue weighted by atomic mass is 35.5. The number of halogens is 3. The summed E-state index contributed by atoms with van der Waals surface area (Å²) in [6, 6.07) is 6.44.